The Balaban J connectivity index is 1.38. The molecule has 3 aromatic rings. The van der Waals surface area contributed by atoms with Crippen molar-refractivity contribution in [2.45, 2.75) is 18.9 Å². The first-order valence-electron chi connectivity index (χ1n) is 12.1. The van der Waals surface area contributed by atoms with Gasteiger partial charge in [-0.25, -0.2) is 4.98 Å². The molecule has 2 fully saturated rings. The number of aromatic nitrogens is 3. The zero-order valence-corrected chi connectivity index (χ0v) is 20.1. The number of likely N-dealkylation sites (N-methyl/N-ethyl adjacent to an activating group) is 1. The maximum absolute atomic E-state index is 12.5. The molecule has 182 valence electrons. The summed E-state index contributed by atoms with van der Waals surface area (Å²) in [5, 5.41) is 3.75. The number of fused-ring (bicyclic) bond motifs is 1. The van der Waals surface area contributed by atoms with Crippen LogP contribution in [0, 0.1) is 0 Å². The molecule has 9 nitrogen and oxygen atoms in total. The average molecular weight is 474 g/mol. The lowest BCUT2D eigenvalue weighted by atomic mass is 10.0. The summed E-state index contributed by atoms with van der Waals surface area (Å²) in [6, 6.07) is 9.85. The highest BCUT2D eigenvalue weighted by Crippen LogP contribution is 2.26. The Morgan fingerprint density at radius 1 is 1.11 bits per heavy atom. The van der Waals surface area contributed by atoms with Crippen molar-refractivity contribution in [3.63, 3.8) is 0 Å². The number of hydrogen-bond acceptors (Lipinski definition) is 7. The van der Waals surface area contributed by atoms with Crippen molar-refractivity contribution in [3.8, 4) is 0 Å². The summed E-state index contributed by atoms with van der Waals surface area (Å²) < 4.78 is 2.00. The van der Waals surface area contributed by atoms with E-state index in [-0.39, 0.29) is 17.4 Å². The van der Waals surface area contributed by atoms with Crippen LogP contribution in [0.4, 0.5) is 17.3 Å². The standard InChI is InChI=1S/C26H31N7O2/c1-3-24(35)32-11-4-5-21(18-32)33-12-10-23(34)22-17-27-26(29-25(22)33)28-19-6-8-20(9-7-19)31-15-13-30(2)14-16-31/h3,6-10,12,17,21H,1,4-5,11,13-16,18H2,2H3,(H,27,28,29). The van der Waals surface area contributed by atoms with Gasteiger partial charge in [-0.2, -0.15) is 4.98 Å². The third-order valence-corrected chi connectivity index (χ3v) is 6.93. The lowest BCUT2D eigenvalue weighted by Crippen LogP contribution is -2.44. The summed E-state index contributed by atoms with van der Waals surface area (Å²) in [5.74, 6) is 0.357. The molecule has 4 heterocycles. The van der Waals surface area contributed by atoms with Crippen molar-refractivity contribution in [1.82, 2.24) is 24.3 Å². The molecular weight excluding hydrogens is 442 g/mol. The van der Waals surface area contributed by atoms with E-state index in [2.05, 4.69) is 45.9 Å². The molecule has 9 heteroatoms. The summed E-state index contributed by atoms with van der Waals surface area (Å²) in [6.45, 7) is 9.05. The second-order valence-corrected chi connectivity index (χ2v) is 9.26. The van der Waals surface area contributed by atoms with Gasteiger partial charge in [0.2, 0.25) is 11.9 Å². The minimum atomic E-state index is -0.117. The number of piperidine rings is 1. The summed E-state index contributed by atoms with van der Waals surface area (Å²) >= 11 is 0. The smallest absolute Gasteiger partial charge is 0.246 e. The number of amides is 1. The van der Waals surface area contributed by atoms with E-state index in [1.165, 1.54) is 11.8 Å². The molecule has 1 unspecified atom stereocenters. The predicted octanol–water partition coefficient (Wildman–Crippen LogP) is 2.64. The van der Waals surface area contributed by atoms with Gasteiger partial charge in [0.1, 0.15) is 5.65 Å². The number of likely N-dealkylation sites (tertiary alicyclic amines) is 1. The van der Waals surface area contributed by atoms with E-state index in [0.29, 0.717) is 30.1 Å². The van der Waals surface area contributed by atoms with Crippen LogP contribution in [0.15, 0.2) is 60.2 Å². The number of carbonyl (C=O) groups is 1. The fourth-order valence-corrected chi connectivity index (χ4v) is 4.87. The summed E-state index contributed by atoms with van der Waals surface area (Å²) in [7, 11) is 2.15. The third-order valence-electron chi connectivity index (χ3n) is 6.93. The van der Waals surface area contributed by atoms with E-state index < -0.39 is 0 Å². The first-order chi connectivity index (χ1) is 17.0. The maximum atomic E-state index is 12.5. The minimum absolute atomic E-state index is 0.0290. The topological polar surface area (TPSA) is 86.6 Å². The summed E-state index contributed by atoms with van der Waals surface area (Å²) in [5.41, 5.74) is 2.54. The van der Waals surface area contributed by atoms with Gasteiger partial charge in [-0.3, -0.25) is 9.59 Å². The molecule has 5 rings (SSSR count). The number of anilines is 3. The molecule has 2 aliphatic rings. The number of pyridine rings is 1. The lowest BCUT2D eigenvalue weighted by molar-refractivity contribution is -0.127. The van der Waals surface area contributed by atoms with Crippen molar-refractivity contribution in [2.75, 3.05) is 56.5 Å². The molecule has 0 radical (unpaired) electrons. The molecule has 35 heavy (non-hydrogen) atoms. The van der Waals surface area contributed by atoms with Crippen molar-refractivity contribution >= 4 is 34.3 Å². The third kappa shape index (κ3) is 4.90. The van der Waals surface area contributed by atoms with Gasteiger partial charge in [0, 0.05) is 69.1 Å². The minimum Gasteiger partial charge on any atom is -0.369 e. The average Bonchev–Trinajstić information content (AvgIpc) is 2.89. The molecule has 2 aromatic heterocycles. The van der Waals surface area contributed by atoms with Gasteiger partial charge >= 0.3 is 0 Å². The highest BCUT2D eigenvalue weighted by molar-refractivity contribution is 5.87. The first kappa shape index (κ1) is 23.0. The number of piperazine rings is 1. The maximum Gasteiger partial charge on any atom is 0.246 e. The van der Waals surface area contributed by atoms with E-state index in [1.54, 1.807) is 23.4 Å². The second-order valence-electron chi connectivity index (χ2n) is 9.26. The molecule has 2 saturated heterocycles. The molecule has 2 aliphatic heterocycles. The van der Waals surface area contributed by atoms with Crippen LogP contribution in [-0.4, -0.2) is 76.6 Å². The van der Waals surface area contributed by atoms with E-state index in [0.717, 1.165) is 44.7 Å². The number of nitrogens with zero attached hydrogens (tertiary/aromatic N) is 6. The fraction of sp³-hybridized carbons (Fsp3) is 0.385. The number of benzene rings is 1. The Kier molecular flexibility index (Phi) is 6.50. The van der Waals surface area contributed by atoms with Crippen LogP contribution in [0.3, 0.4) is 0 Å². The molecule has 0 spiro atoms. The van der Waals surface area contributed by atoms with Crippen LogP contribution in [0.25, 0.3) is 11.0 Å². The van der Waals surface area contributed by atoms with Gasteiger partial charge in [0.25, 0.3) is 0 Å². The molecule has 0 bridgehead atoms. The predicted molar refractivity (Wildman–Crippen MR) is 138 cm³/mol. The first-order valence-corrected chi connectivity index (χ1v) is 12.1. The Morgan fingerprint density at radius 2 is 1.89 bits per heavy atom. The number of hydrogen-bond donors (Lipinski definition) is 1. The van der Waals surface area contributed by atoms with E-state index in [9.17, 15) is 9.59 Å². The number of carbonyl (C=O) groups excluding carboxylic acids is 1. The Hall–Kier alpha value is -3.72. The van der Waals surface area contributed by atoms with Gasteiger partial charge in [-0.05, 0) is 50.2 Å². The van der Waals surface area contributed by atoms with Crippen molar-refractivity contribution in [3.05, 3.63) is 65.6 Å². The number of rotatable bonds is 5. The lowest BCUT2D eigenvalue weighted by Gasteiger charge is -2.34. The quantitative estimate of drug-likeness (QED) is 0.570. The summed E-state index contributed by atoms with van der Waals surface area (Å²) in [4.78, 5) is 40.3. The molecule has 0 saturated carbocycles. The van der Waals surface area contributed by atoms with Gasteiger partial charge in [-0.15, -0.1) is 0 Å². The monoisotopic (exact) mass is 473 g/mol. The van der Waals surface area contributed by atoms with Crippen molar-refractivity contribution in [1.29, 1.82) is 0 Å². The molecule has 1 atom stereocenters. The van der Waals surface area contributed by atoms with Crippen LogP contribution >= 0.6 is 0 Å². The Labute approximate surface area is 204 Å². The largest absolute Gasteiger partial charge is 0.369 e. The van der Waals surface area contributed by atoms with Crippen molar-refractivity contribution < 1.29 is 4.79 Å². The molecule has 1 amide bonds. The van der Waals surface area contributed by atoms with Gasteiger partial charge in [0.15, 0.2) is 5.43 Å². The highest BCUT2D eigenvalue weighted by atomic mass is 16.2. The van der Waals surface area contributed by atoms with Gasteiger partial charge in [-0.1, -0.05) is 6.58 Å². The summed E-state index contributed by atoms with van der Waals surface area (Å²) in [6.07, 6.45) is 6.49. The molecule has 0 aliphatic carbocycles. The van der Waals surface area contributed by atoms with Crippen LogP contribution < -0.4 is 15.6 Å². The van der Waals surface area contributed by atoms with E-state index >= 15 is 0 Å². The molecule has 1 aromatic carbocycles. The van der Waals surface area contributed by atoms with Crippen LogP contribution in [-0.2, 0) is 4.79 Å². The fourth-order valence-electron chi connectivity index (χ4n) is 4.87. The van der Waals surface area contributed by atoms with Crippen LogP contribution in [0.1, 0.15) is 18.9 Å². The second kappa shape index (κ2) is 9.87. The molecule has 1 N–H and O–H groups in total. The van der Waals surface area contributed by atoms with Crippen LogP contribution in [0.5, 0.6) is 0 Å². The Bertz CT molecular complexity index is 1280. The van der Waals surface area contributed by atoms with E-state index in [1.807, 2.05) is 16.7 Å². The van der Waals surface area contributed by atoms with Crippen LogP contribution in [0.2, 0.25) is 0 Å². The normalized spacial score (nSPS) is 19.1. The molecular formula is C26H31N7O2. The highest BCUT2D eigenvalue weighted by Gasteiger charge is 2.25. The zero-order chi connectivity index (χ0) is 24.4. The number of nitrogens with one attached hydrogen (secondary N) is 1. The Morgan fingerprint density at radius 3 is 2.63 bits per heavy atom. The van der Waals surface area contributed by atoms with Gasteiger partial charge < -0.3 is 24.6 Å². The zero-order valence-electron chi connectivity index (χ0n) is 20.1. The van der Waals surface area contributed by atoms with Gasteiger partial charge in [0.05, 0.1) is 11.4 Å². The van der Waals surface area contributed by atoms with E-state index in [4.69, 9.17) is 4.98 Å². The SMILES string of the molecule is C=CC(=O)N1CCCC(n2ccc(=O)c3cnc(Nc4ccc(N5CCN(C)CC5)cc4)nc32)C1. The van der Waals surface area contributed by atoms with Crippen molar-refractivity contribution in [2.24, 2.45) is 0 Å².